The van der Waals surface area contributed by atoms with E-state index < -0.39 is 6.11 Å². The van der Waals surface area contributed by atoms with Crippen LogP contribution < -0.4 is 4.74 Å². The van der Waals surface area contributed by atoms with Gasteiger partial charge in [0, 0.05) is 6.92 Å². The minimum absolute atomic E-state index is 0.0316. The molecule has 0 bridgehead atoms. The van der Waals surface area contributed by atoms with Crippen molar-refractivity contribution in [1.29, 1.82) is 0 Å². The third-order valence-corrected chi connectivity index (χ3v) is 3.08. The Hall–Kier alpha value is -0.830. The molecule has 17 heavy (non-hydrogen) atoms. The second-order valence-corrected chi connectivity index (χ2v) is 5.04. The molecule has 0 saturated heterocycles. The van der Waals surface area contributed by atoms with Crippen LogP contribution in [0.15, 0.2) is 18.2 Å². The maximum absolute atomic E-state index is 12.8. The van der Waals surface area contributed by atoms with Gasteiger partial charge in [-0.3, -0.25) is 0 Å². The first-order valence-electron chi connectivity index (χ1n) is 5.57. The lowest BCUT2D eigenvalue weighted by atomic mass is 9.90. The van der Waals surface area contributed by atoms with Gasteiger partial charge in [0.05, 0.1) is 5.02 Å². The van der Waals surface area contributed by atoms with Crippen molar-refractivity contribution in [2.75, 3.05) is 0 Å². The van der Waals surface area contributed by atoms with E-state index in [4.69, 9.17) is 11.6 Å². The zero-order valence-corrected chi connectivity index (χ0v) is 11.2. The first kappa shape index (κ1) is 14.2. The Kier molecular flexibility index (Phi) is 4.36. The van der Waals surface area contributed by atoms with Crippen LogP contribution in [0, 0.1) is 5.92 Å². The van der Waals surface area contributed by atoms with Crippen LogP contribution in [0.1, 0.15) is 39.2 Å². The molecule has 0 fully saturated rings. The molecule has 96 valence electrons. The molecule has 1 atom stereocenters. The van der Waals surface area contributed by atoms with E-state index in [-0.39, 0.29) is 16.7 Å². The maximum Gasteiger partial charge on any atom is 0.394 e. The molecule has 0 aliphatic heterocycles. The Labute approximate surface area is 106 Å². The van der Waals surface area contributed by atoms with Crippen LogP contribution in [0.5, 0.6) is 5.75 Å². The van der Waals surface area contributed by atoms with Gasteiger partial charge >= 0.3 is 6.11 Å². The Balaban J connectivity index is 3.02. The molecule has 0 heterocycles. The van der Waals surface area contributed by atoms with Crippen molar-refractivity contribution in [3.05, 3.63) is 28.8 Å². The van der Waals surface area contributed by atoms with Gasteiger partial charge in [0.25, 0.3) is 0 Å². The van der Waals surface area contributed by atoms with Crippen molar-refractivity contribution >= 4 is 11.6 Å². The van der Waals surface area contributed by atoms with Gasteiger partial charge in [-0.1, -0.05) is 38.4 Å². The second kappa shape index (κ2) is 5.21. The molecule has 1 aromatic carbocycles. The topological polar surface area (TPSA) is 9.23 Å². The lowest BCUT2D eigenvalue weighted by Gasteiger charge is -2.19. The zero-order valence-electron chi connectivity index (χ0n) is 10.4. The predicted molar refractivity (Wildman–Crippen MR) is 66.0 cm³/mol. The van der Waals surface area contributed by atoms with E-state index in [2.05, 4.69) is 18.6 Å². The van der Waals surface area contributed by atoms with Crippen molar-refractivity contribution in [2.24, 2.45) is 5.92 Å². The summed E-state index contributed by atoms with van der Waals surface area (Å²) < 4.78 is 30.1. The van der Waals surface area contributed by atoms with Gasteiger partial charge < -0.3 is 4.74 Å². The van der Waals surface area contributed by atoms with Gasteiger partial charge in [-0.15, -0.1) is 0 Å². The van der Waals surface area contributed by atoms with Crippen LogP contribution in [-0.4, -0.2) is 6.11 Å². The monoisotopic (exact) mass is 262 g/mol. The fourth-order valence-electron chi connectivity index (χ4n) is 1.46. The number of alkyl halides is 2. The summed E-state index contributed by atoms with van der Waals surface area (Å²) >= 11 is 5.83. The Morgan fingerprint density at radius 2 is 1.82 bits per heavy atom. The molecule has 1 aromatic rings. The number of ether oxygens (including phenoxy) is 1. The molecule has 1 nitrogen and oxygen atoms in total. The van der Waals surface area contributed by atoms with Crippen LogP contribution in [0.3, 0.4) is 0 Å². The summed E-state index contributed by atoms with van der Waals surface area (Å²) in [6.45, 7) is 6.89. The third kappa shape index (κ3) is 4.15. The highest BCUT2D eigenvalue weighted by Gasteiger charge is 2.25. The number of hydrogen-bond acceptors (Lipinski definition) is 1. The van der Waals surface area contributed by atoms with E-state index in [0.717, 1.165) is 5.56 Å². The molecule has 0 aromatic heterocycles. The summed E-state index contributed by atoms with van der Waals surface area (Å²) in [7, 11) is 0. The summed E-state index contributed by atoms with van der Waals surface area (Å²) in [5, 5.41) is 0.200. The minimum Gasteiger partial charge on any atom is -0.431 e. The Bertz CT molecular complexity index is 385. The number of halogens is 3. The molecule has 1 rings (SSSR count). The quantitative estimate of drug-likeness (QED) is 0.734. The average Bonchev–Trinajstić information content (AvgIpc) is 2.18. The summed E-state index contributed by atoms with van der Waals surface area (Å²) in [6.07, 6.45) is -3.22. The highest BCUT2D eigenvalue weighted by molar-refractivity contribution is 6.32. The Morgan fingerprint density at radius 1 is 1.24 bits per heavy atom. The fourth-order valence-corrected chi connectivity index (χ4v) is 1.62. The van der Waals surface area contributed by atoms with E-state index in [1.165, 1.54) is 0 Å². The van der Waals surface area contributed by atoms with Gasteiger partial charge in [-0.2, -0.15) is 8.78 Å². The normalized spacial score (nSPS) is 13.9. The summed E-state index contributed by atoms with van der Waals surface area (Å²) in [5.41, 5.74) is 0.948. The molecule has 4 heteroatoms. The van der Waals surface area contributed by atoms with Crippen LogP contribution in [0.25, 0.3) is 0 Å². The fraction of sp³-hybridized carbons (Fsp3) is 0.538. The van der Waals surface area contributed by atoms with Crippen molar-refractivity contribution in [3.63, 3.8) is 0 Å². The van der Waals surface area contributed by atoms with E-state index in [0.29, 0.717) is 12.8 Å². The average molecular weight is 263 g/mol. The van der Waals surface area contributed by atoms with Crippen LogP contribution in [0.2, 0.25) is 5.02 Å². The van der Waals surface area contributed by atoms with E-state index in [1.54, 1.807) is 12.1 Å². The molecule has 0 unspecified atom stereocenters. The van der Waals surface area contributed by atoms with Gasteiger partial charge in [0.2, 0.25) is 0 Å². The molecular formula is C13H17ClF2O. The molecule has 0 saturated carbocycles. The number of rotatable bonds is 4. The van der Waals surface area contributed by atoms with Gasteiger partial charge in [0.1, 0.15) is 5.75 Å². The van der Waals surface area contributed by atoms with Gasteiger partial charge in [-0.05, 0) is 29.5 Å². The van der Waals surface area contributed by atoms with Crippen molar-refractivity contribution in [1.82, 2.24) is 0 Å². The van der Waals surface area contributed by atoms with Crippen LogP contribution in [0.4, 0.5) is 8.78 Å². The summed E-state index contributed by atoms with van der Waals surface area (Å²) in [6, 6.07) is 5.02. The molecule has 0 spiro atoms. The minimum atomic E-state index is -3.22. The first-order valence-corrected chi connectivity index (χ1v) is 5.95. The lowest BCUT2D eigenvalue weighted by Crippen LogP contribution is -2.19. The Morgan fingerprint density at radius 3 is 2.29 bits per heavy atom. The second-order valence-electron chi connectivity index (χ2n) is 4.63. The van der Waals surface area contributed by atoms with Crippen molar-refractivity contribution < 1.29 is 13.5 Å². The van der Waals surface area contributed by atoms with Crippen molar-refractivity contribution in [3.8, 4) is 5.75 Å². The third-order valence-electron chi connectivity index (χ3n) is 2.77. The summed E-state index contributed by atoms with van der Waals surface area (Å²) in [4.78, 5) is 0. The van der Waals surface area contributed by atoms with Crippen LogP contribution >= 0.6 is 11.6 Å². The first-order chi connectivity index (χ1) is 7.70. The molecular weight excluding hydrogens is 246 g/mol. The highest BCUT2D eigenvalue weighted by Crippen LogP contribution is 2.34. The molecule has 0 N–H and O–H groups in total. The lowest BCUT2D eigenvalue weighted by molar-refractivity contribution is -0.158. The smallest absolute Gasteiger partial charge is 0.394 e. The van der Waals surface area contributed by atoms with E-state index >= 15 is 0 Å². The van der Waals surface area contributed by atoms with Crippen LogP contribution in [-0.2, 0) is 0 Å². The largest absolute Gasteiger partial charge is 0.431 e. The van der Waals surface area contributed by atoms with Crippen molar-refractivity contribution in [2.45, 2.75) is 39.7 Å². The molecule has 0 amide bonds. The predicted octanol–water partition coefficient (Wildman–Crippen LogP) is 5.09. The molecule has 0 aliphatic rings. The summed E-state index contributed by atoms with van der Waals surface area (Å²) in [5.74, 6) is 0.718. The zero-order chi connectivity index (χ0) is 13.2. The number of benzene rings is 1. The van der Waals surface area contributed by atoms with E-state index in [9.17, 15) is 8.78 Å². The molecule has 0 radical (unpaired) electrons. The SMILES string of the molecule is CC(C)[C@H](C)c1ccc(Cl)c(OC(C)(F)F)c1. The number of hydrogen-bond donors (Lipinski definition) is 0. The standard InChI is InChI=1S/C13H17ClF2O/c1-8(2)9(3)10-5-6-11(14)12(7-10)17-13(4,15)16/h5-9H,1-4H3/t9-/m0/s1. The highest BCUT2D eigenvalue weighted by atomic mass is 35.5. The maximum atomic E-state index is 12.8. The molecule has 0 aliphatic carbocycles. The van der Waals surface area contributed by atoms with Gasteiger partial charge in [0.15, 0.2) is 0 Å². The van der Waals surface area contributed by atoms with E-state index in [1.807, 2.05) is 13.0 Å². The van der Waals surface area contributed by atoms with Gasteiger partial charge in [-0.25, -0.2) is 0 Å².